The van der Waals surface area contributed by atoms with Crippen LogP contribution in [0.1, 0.15) is 11.3 Å². The van der Waals surface area contributed by atoms with Crippen molar-refractivity contribution in [3.8, 4) is 5.19 Å². The van der Waals surface area contributed by atoms with E-state index in [1.54, 1.807) is 28.7 Å². The summed E-state index contributed by atoms with van der Waals surface area (Å²) in [6.45, 7) is 2.65. The van der Waals surface area contributed by atoms with E-state index in [1.165, 1.54) is 11.3 Å². The van der Waals surface area contributed by atoms with Crippen molar-refractivity contribution in [2.24, 2.45) is 0 Å². The van der Waals surface area contributed by atoms with Crippen LogP contribution in [0.15, 0.2) is 29.9 Å². The quantitative estimate of drug-likeness (QED) is 0.860. The molecule has 1 saturated heterocycles. The summed E-state index contributed by atoms with van der Waals surface area (Å²) in [4.78, 5) is 33.9. The van der Waals surface area contributed by atoms with Gasteiger partial charge in [0.2, 0.25) is 5.91 Å². The number of pyridine rings is 1. The molecule has 9 heteroatoms. The first-order chi connectivity index (χ1) is 12.2. The van der Waals surface area contributed by atoms with Gasteiger partial charge in [-0.15, -0.1) is 0 Å². The van der Waals surface area contributed by atoms with Gasteiger partial charge in [-0.25, -0.2) is 9.78 Å². The molecule has 2 aromatic rings. The van der Waals surface area contributed by atoms with Crippen LogP contribution in [-0.4, -0.2) is 53.2 Å². The topological polar surface area (TPSA) is 93.7 Å². The Morgan fingerprint density at radius 1 is 1.36 bits per heavy atom. The van der Waals surface area contributed by atoms with Gasteiger partial charge in [0.25, 0.3) is 5.19 Å². The zero-order valence-corrected chi connectivity index (χ0v) is 14.3. The largest absolute Gasteiger partial charge is 0.414 e. The highest BCUT2D eigenvalue weighted by Gasteiger charge is 2.18. The molecule has 3 rings (SSSR count). The fourth-order valence-corrected chi connectivity index (χ4v) is 2.95. The molecule has 3 heterocycles. The van der Waals surface area contributed by atoms with E-state index in [-0.39, 0.29) is 17.5 Å². The zero-order chi connectivity index (χ0) is 17.5. The zero-order valence-electron chi connectivity index (χ0n) is 13.5. The fourth-order valence-electron chi connectivity index (χ4n) is 2.29. The third kappa shape index (κ3) is 5.23. The van der Waals surface area contributed by atoms with Crippen LogP contribution in [-0.2, 0) is 22.5 Å². The Morgan fingerprint density at radius 2 is 2.20 bits per heavy atom. The molecule has 1 N–H and O–H groups in total. The number of carbonyl (C=O) groups is 2. The minimum atomic E-state index is -0.593. The highest BCUT2D eigenvalue weighted by Crippen LogP contribution is 2.19. The van der Waals surface area contributed by atoms with Crippen LogP contribution >= 0.6 is 11.3 Å². The molecule has 0 spiro atoms. The first kappa shape index (κ1) is 17.3. The minimum absolute atomic E-state index is 0.00109. The van der Waals surface area contributed by atoms with E-state index in [9.17, 15) is 9.59 Å². The van der Waals surface area contributed by atoms with Gasteiger partial charge in [0, 0.05) is 37.4 Å². The summed E-state index contributed by atoms with van der Waals surface area (Å²) in [5, 5.41) is 4.57. The van der Waals surface area contributed by atoms with Crippen molar-refractivity contribution in [3.05, 3.63) is 41.2 Å². The van der Waals surface area contributed by atoms with Gasteiger partial charge in [0.05, 0.1) is 25.3 Å². The van der Waals surface area contributed by atoms with E-state index in [1.807, 2.05) is 6.07 Å². The summed E-state index contributed by atoms with van der Waals surface area (Å²) >= 11 is 1.19. The van der Waals surface area contributed by atoms with Gasteiger partial charge in [-0.1, -0.05) is 17.4 Å². The van der Waals surface area contributed by atoms with Crippen molar-refractivity contribution in [1.82, 2.24) is 20.2 Å². The molecular weight excluding hydrogens is 344 g/mol. The van der Waals surface area contributed by atoms with Crippen LogP contribution < -0.4 is 10.1 Å². The van der Waals surface area contributed by atoms with Crippen LogP contribution in [0.4, 0.5) is 4.79 Å². The van der Waals surface area contributed by atoms with Crippen molar-refractivity contribution < 1.29 is 19.1 Å². The van der Waals surface area contributed by atoms with E-state index in [0.29, 0.717) is 38.5 Å². The lowest BCUT2D eigenvalue weighted by atomic mass is 10.3. The molecule has 25 heavy (non-hydrogen) atoms. The van der Waals surface area contributed by atoms with Gasteiger partial charge in [-0.3, -0.25) is 9.78 Å². The Hall–Kier alpha value is -2.52. The smallest absolute Gasteiger partial charge is 0.381 e. The number of morpholine rings is 1. The predicted octanol–water partition coefficient (Wildman–Crippen LogP) is 1.23. The Balaban J connectivity index is 1.46. The molecule has 2 amide bonds. The number of nitrogens with zero attached hydrogens (tertiary/aromatic N) is 3. The summed E-state index contributed by atoms with van der Waals surface area (Å²) in [5.74, 6) is 0.00109. The predicted molar refractivity (Wildman–Crippen MR) is 90.3 cm³/mol. The molecule has 0 atom stereocenters. The maximum absolute atomic E-state index is 12.2. The Labute approximate surface area is 148 Å². The van der Waals surface area contributed by atoms with Crippen LogP contribution in [0, 0.1) is 0 Å². The summed E-state index contributed by atoms with van der Waals surface area (Å²) in [6, 6.07) is 3.65. The van der Waals surface area contributed by atoms with Crippen molar-refractivity contribution in [3.63, 3.8) is 0 Å². The van der Waals surface area contributed by atoms with Crippen LogP contribution in [0.2, 0.25) is 0 Å². The van der Waals surface area contributed by atoms with E-state index in [0.717, 1.165) is 5.56 Å². The maximum Gasteiger partial charge on any atom is 0.414 e. The number of ether oxygens (including phenoxy) is 2. The normalized spacial score (nSPS) is 14.2. The molecule has 8 nitrogen and oxygen atoms in total. The SMILES string of the molecule is O=C(NCc1cccnc1)Oc1nc(CC(=O)N2CCOCC2)cs1. The maximum atomic E-state index is 12.2. The molecule has 0 bridgehead atoms. The van der Waals surface area contributed by atoms with Crippen molar-refractivity contribution in [2.45, 2.75) is 13.0 Å². The van der Waals surface area contributed by atoms with E-state index in [4.69, 9.17) is 9.47 Å². The second-order valence-corrected chi connectivity index (χ2v) is 6.20. The minimum Gasteiger partial charge on any atom is -0.381 e. The number of carbonyl (C=O) groups excluding carboxylic acids is 2. The standard InChI is InChI=1S/C16H18N4O4S/c21-14(20-4-6-23-7-5-20)8-13-11-25-16(19-13)24-15(22)18-10-12-2-1-3-17-9-12/h1-3,9,11H,4-8,10H2,(H,18,22). The number of amides is 2. The van der Waals surface area contributed by atoms with Gasteiger partial charge < -0.3 is 19.7 Å². The average molecular weight is 362 g/mol. The van der Waals surface area contributed by atoms with Crippen molar-refractivity contribution in [1.29, 1.82) is 0 Å². The number of hydrogen-bond donors (Lipinski definition) is 1. The van der Waals surface area contributed by atoms with Gasteiger partial charge in [-0.05, 0) is 11.6 Å². The van der Waals surface area contributed by atoms with Gasteiger partial charge in [-0.2, -0.15) is 0 Å². The van der Waals surface area contributed by atoms with E-state index in [2.05, 4.69) is 15.3 Å². The molecular formula is C16H18N4O4S. The summed E-state index contributed by atoms with van der Waals surface area (Å²) < 4.78 is 10.4. The van der Waals surface area contributed by atoms with Gasteiger partial charge in [0.15, 0.2) is 0 Å². The second-order valence-electron chi connectivity index (χ2n) is 5.38. The molecule has 0 saturated carbocycles. The molecule has 0 aromatic carbocycles. The third-order valence-corrected chi connectivity index (χ3v) is 4.33. The lowest BCUT2D eigenvalue weighted by molar-refractivity contribution is -0.134. The Kier molecular flexibility index (Phi) is 5.91. The number of rotatable bonds is 5. The second kappa shape index (κ2) is 8.54. The Morgan fingerprint density at radius 3 is 2.96 bits per heavy atom. The summed E-state index contributed by atoms with van der Waals surface area (Å²) in [6.07, 6.45) is 2.93. The molecule has 1 aliphatic rings. The highest BCUT2D eigenvalue weighted by molar-refractivity contribution is 7.11. The van der Waals surface area contributed by atoms with Gasteiger partial charge >= 0.3 is 6.09 Å². The van der Waals surface area contributed by atoms with Crippen molar-refractivity contribution >= 4 is 23.3 Å². The molecule has 0 unspecified atom stereocenters. The monoisotopic (exact) mass is 362 g/mol. The van der Waals surface area contributed by atoms with Crippen LogP contribution in [0.5, 0.6) is 5.19 Å². The third-order valence-electron chi connectivity index (χ3n) is 3.57. The fraction of sp³-hybridized carbons (Fsp3) is 0.375. The summed E-state index contributed by atoms with van der Waals surface area (Å²) in [7, 11) is 0. The molecule has 2 aromatic heterocycles. The highest BCUT2D eigenvalue weighted by atomic mass is 32.1. The number of thiazole rings is 1. The van der Waals surface area contributed by atoms with E-state index < -0.39 is 6.09 Å². The number of hydrogen-bond acceptors (Lipinski definition) is 7. The first-order valence-electron chi connectivity index (χ1n) is 7.85. The lowest BCUT2D eigenvalue weighted by Crippen LogP contribution is -2.41. The summed E-state index contributed by atoms with van der Waals surface area (Å²) in [5.41, 5.74) is 1.46. The number of aromatic nitrogens is 2. The molecule has 132 valence electrons. The van der Waals surface area contributed by atoms with Crippen LogP contribution in [0.25, 0.3) is 0 Å². The van der Waals surface area contributed by atoms with E-state index >= 15 is 0 Å². The lowest BCUT2D eigenvalue weighted by Gasteiger charge is -2.26. The molecule has 0 radical (unpaired) electrons. The molecule has 1 aliphatic heterocycles. The first-order valence-corrected chi connectivity index (χ1v) is 8.73. The number of nitrogens with one attached hydrogen (secondary N) is 1. The average Bonchev–Trinajstić information content (AvgIpc) is 3.08. The van der Waals surface area contributed by atoms with Gasteiger partial charge in [0.1, 0.15) is 0 Å². The molecule has 1 fully saturated rings. The molecule has 0 aliphatic carbocycles. The Bertz CT molecular complexity index is 716. The van der Waals surface area contributed by atoms with Crippen LogP contribution in [0.3, 0.4) is 0 Å². The van der Waals surface area contributed by atoms with Crippen molar-refractivity contribution in [2.75, 3.05) is 26.3 Å².